The molecule has 0 amide bonds. The number of likely N-dealkylation sites (N-methyl/N-ethyl adjacent to an activating group) is 2. The molecule has 2 atom stereocenters. The Labute approximate surface area is 112 Å². The van der Waals surface area contributed by atoms with Crippen LogP contribution in [-0.4, -0.2) is 68.3 Å². The molecule has 2 unspecified atom stereocenters. The van der Waals surface area contributed by atoms with Crippen molar-refractivity contribution in [1.29, 1.82) is 0 Å². The summed E-state index contributed by atoms with van der Waals surface area (Å²) in [5, 5.41) is 0. The predicted molar refractivity (Wildman–Crippen MR) is 76.9 cm³/mol. The average molecular weight is 257 g/mol. The SMILES string of the molecule is CCC1(C)CC(CN)(N(C)CCN(C)C)CCO1. The number of hydrogen-bond donors (Lipinski definition) is 1. The highest BCUT2D eigenvalue weighted by molar-refractivity contribution is 4.99. The highest BCUT2D eigenvalue weighted by atomic mass is 16.5. The summed E-state index contributed by atoms with van der Waals surface area (Å²) < 4.78 is 5.95. The Morgan fingerprint density at radius 1 is 1.22 bits per heavy atom. The first-order valence-corrected chi connectivity index (χ1v) is 7.07. The van der Waals surface area contributed by atoms with Gasteiger partial charge in [0, 0.05) is 31.8 Å². The minimum Gasteiger partial charge on any atom is -0.375 e. The van der Waals surface area contributed by atoms with Gasteiger partial charge in [0.2, 0.25) is 0 Å². The predicted octanol–water partition coefficient (Wildman–Crippen LogP) is 1.16. The molecule has 1 aliphatic rings. The van der Waals surface area contributed by atoms with Gasteiger partial charge in [0.25, 0.3) is 0 Å². The topological polar surface area (TPSA) is 41.7 Å². The van der Waals surface area contributed by atoms with Gasteiger partial charge in [-0.05, 0) is 47.3 Å². The van der Waals surface area contributed by atoms with Crippen LogP contribution < -0.4 is 5.73 Å². The highest BCUT2D eigenvalue weighted by Crippen LogP contribution is 2.37. The molecule has 0 aromatic heterocycles. The fourth-order valence-corrected chi connectivity index (χ4v) is 2.79. The van der Waals surface area contributed by atoms with E-state index in [0.717, 1.165) is 45.5 Å². The minimum atomic E-state index is -0.00992. The lowest BCUT2D eigenvalue weighted by molar-refractivity contribution is -0.125. The summed E-state index contributed by atoms with van der Waals surface area (Å²) in [6.07, 6.45) is 3.14. The van der Waals surface area contributed by atoms with Crippen molar-refractivity contribution in [3.63, 3.8) is 0 Å². The van der Waals surface area contributed by atoms with Gasteiger partial charge in [-0.3, -0.25) is 4.90 Å². The molecule has 4 nitrogen and oxygen atoms in total. The second-order valence-corrected chi connectivity index (χ2v) is 6.23. The average Bonchev–Trinajstić information content (AvgIpc) is 2.35. The van der Waals surface area contributed by atoms with E-state index >= 15 is 0 Å². The molecule has 0 aromatic rings. The summed E-state index contributed by atoms with van der Waals surface area (Å²) in [5.41, 5.74) is 6.21. The normalized spacial score (nSPS) is 33.3. The number of ether oxygens (including phenoxy) is 1. The summed E-state index contributed by atoms with van der Waals surface area (Å²) in [5.74, 6) is 0. The van der Waals surface area contributed by atoms with E-state index in [4.69, 9.17) is 10.5 Å². The van der Waals surface area contributed by atoms with Crippen LogP contribution in [0.5, 0.6) is 0 Å². The second kappa shape index (κ2) is 6.33. The highest BCUT2D eigenvalue weighted by Gasteiger charge is 2.43. The smallest absolute Gasteiger partial charge is 0.0670 e. The fraction of sp³-hybridized carbons (Fsp3) is 1.00. The van der Waals surface area contributed by atoms with Gasteiger partial charge in [0.15, 0.2) is 0 Å². The summed E-state index contributed by atoms with van der Waals surface area (Å²) in [4.78, 5) is 4.67. The minimum absolute atomic E-state index is 0.00992. The molecule has 0 bridgehead atoms. The van der Waals surface area contributed by atoms with Crippen molar-refractivity contribution in [3.05, 3.63) is 0 Å². The maximum Gasteiger partial charge on any atom is 0.0670 e. The molecule has 0 saturated carbocycles. The zero-order valence-electron chi connectivity index (χ0n) is 12.8. The van der Waals surface area contributed by atoms with Crippen LogP contribution in [0.3, 0.4) is 0 Å². The molecule has 1 fully saturated rings. The van der Waals surface area contributed by atoms with E-state index in [0.29, 0.717) is 0 Å². The molecule has 0 radical (unpaired) electrons. The molecular formula is C14H31N3O. The molecular weight excluding hydrogens is 226 g/mol. The third-order valence-electron chi connectivity index (χ3n) is 4.54. The van der Waals surface area contributed by atoms with E-state index in [1.807, 2.05) is 0 Å². The Bertz CT molecular complexity index is 259. The van der Waals surface area contributed by atoms with Gasteiger partial charge in [-0.15, -0.1) is 0 Å². The lowest BCUT2D eigenvalue weighted by Gasteiger charge is -2.50. The van der Waals surface area contributed by atoms with Gasteiger partial charge in [0.1, 0.15) is 0 Å². The van der Waals surface area contributed by atoms with E-state index in [1.54, 1.807) is 0 Å². The Hall–Kier alpha value is -0.160. The van der Waals surface area contributed by atoms with Gasteiger partial charge < -0.3 is 15.4 Å². The largest absolute Gasteiger partial charge is 0.375 e. The Morgan fingerprint density at radius 2 is 1.89 bits per heavy atom. The second-order valence-electron chi connectivity index (χ2n) is 6.23. The Morgan fingerprint density at radius 3 is 2.39 bits per heavy atom. The fourth-order valence-electron chi connectivity index (χ4n) is 2.79. The molecule has 2 N–H and O–H groups in total. The van der Waals surface area contributed by atoms with E-state index in [9.17, 15) is 0 Å². The van der Waals surface area contributed by atoms with Crippen molar-refractivity contribution in [3.8, 4) is 0 Å². The first kappa shape index (κ1) is 15.9. The van der Waals surface area contributed by atoms with Gasteiger partial charge in [-0.1, -0.05) is 6.92 Å². The molecule has 1 saturated heterocycles. The van der Waals surface area contributed by atoms with Crippen LogP contribution >= 0.6 is 0 Å². The molecule has 4 heteroatoms. The van der Waals surface area contributed by atoms with Gasteiger partial charge in [0.05, 0.1) is 5.60 Å². The van der Waals surface area contributed by atoms with Crippen molar-refractivity contribution in [2.45, 2.75) is 44.2 Å². The standard InChI is InChI=1S/C14H31N3O/c1-6-13(2)11-14(12-15,7-10-18-13)17(5)9-8-16(3)4/h6-12,15H2,1-5H3. The van der Waals surface area contributed by atoms with Crippen molar-refractivity contribution < 1.29 is 4.74 Å². The van der Waals surface area contributed by atoms with Gasteiger partial charge in [-0.2, -0.15) is 0 Å². The molecule has 1 aliphatic heterocycles. The number of nitrogens with zero attached hydrogens (tertiary/aromatic N) is 2. The maximum atomic E-state index is 6.11. The van der Waals surface area contributed by atoms with E-state index in [1.165, 1.54) is 0 Å². The first-order chi connectivity index (χ1) is 8.37. The monoisotopic (exact) mass is 257 g/mol. The van der Waals surface area contributed by atoms with Gasteiger partial charge >= 0.3 is 0 Å². The summed E-state index contributed by atoms with van der Waals surface area (Å²) >= 11 is 0. The first-order valence-electron chi connectivity index (χ1n) is 7.07. The van der Waals surface area contributed by atoms with Crippen LogP contribution in [-0.2, 0) is 4.74 Å². The third-order valence-corrected chi connectivity index (χ3v) is 4.54. The van der Waals surface area contributed by atoms with Crippen molar-refractivity contribution in [2.75, 3.05) is 47.4 Å². The molecule has 1 rings (SSSR count). The Kier molecular flexibility index (Phi) is 5.59. The van der Waals surface area contributed by atoms with E-state index in [2.05, 4.69) is 44.8 Å². The summed E-state index contributed by atoms with van der Waals surface area (Å²) in [7, 11) is 6.43. The number of nitrogens with two attached hydrogens (primary N) is 1. The summed E-state index contributed by atoms with van der Waals surface area (Å²) in [6.45, 7) is 8.10. The maximum absolute atomic E-state index is 6.11. The van der Waals surface area contributed by atoms with Crippen LogP contribution in [0.25, 0.3) is 0 Å². The van der Waals surface area contributed by atoms with Crippen molar-refractivity contribution in [1.82, 2.24) is 9.80 Å². The van der Waals surface area contributed by atoms with Crippen molar-refractivity contribution in [2.24, 2.45) is 5.73 Å². The van der Waals surface area contributed by atoms with Crippen LogP contribution in [0.15, 0.2) is 0 Å². The van der Waals surface area contributed by atoms with E-state index < -0.39 is 0 Å². The van der Waals surface area contributed by atoms with Crippen LogP contribution in [0.2, 0.25) is 0 Å². The zero-order valence-corrected chi connectivity index (χ0v) is 12.8. The van der Waals surface area contributed by atoms with E-state index in [-0.39, 0.29) is 11.1 Å². The Balaban J connectivity index is 2.71. The van der Waals surface area contributed by atoms with Crippen LogP contribution in [0, 0.1) is 0 Å². The zero-order chi connectivity index (χ0) is 13.8. The number of rotatable bonds is 6. The number of hydrogen-bond acceptors (Lipinski definition) is 4. The molecule has 18 heavy (non-hydrogen) atoms. The quantitative estimate of drug-likeness (QED) is 0.775. The van der Waals surface area contributed by atoms with Crippen LogP contribution in [0.4, 0.5) is 0 Å². The lowest BCUT2D eigenvalue weighted by atomic mass is 9.78. The van der Waals surface area contributed by atoms with Gasteiger partial charge in [-0.25, -0.2) is 0 Å². The molecule has 1 heterocycles. The lowest BCUT2D eigenvalue weighted by Crippen LogP contribution is -2.60. The van der Waals surface area contributed by atoms with Crippen molar-refractivity contribution >= 4 is 0 Å². The molecule has 0 aromatic carbocycles. The molecule has 0 spiro atoms. The molecule has 108 valence electrons. The molecule has 0 aliphatic carbocycles. The third kappa shape index (κ3) is 3.67. The van der Waals surface area contributed by atoms with Crippen LogP contribution in [0.1, 0.15) is 33.1 Å². The summed E-state index contributed by atoms with van der Waals surface area (Å²) in [6, 6.07) is 0.